The summed E-state index contributed by atoms with van der Waals surface area (Å²) < 4.78 is 25.8. The Kier molecular flexibility index (Phi) is 8.40. The number of carboxylic acid groups (broad SMARTS) is 1. The van der Waals surface area contributed by atoms with Crippen molar-refractivity contribution in [2.75, 3.05) is 33.9 Å². The molecule has 0 bridgehead atoms. The van der Waals surface area contributed by atoms with Crippen molar-refractivity contribution in [3.63, 3.8) is 0 Å². The summed E-state index contributed by atoms with van der Waals surface area (Å²) in [6.45, 7) is 1.67. The maximum Gasteiger partial charge on any atom is 0.308 e. The monoisotopic (exact) mass is 490 g/mol. The number of aromatic nitrogens is 1. The van der Waals surface area contributed by atoms with Gasteiger partial charge in [-0.3, -0.25) is 14.7 Å². The number of hydrogen-bond donors (Lipinski definition) is 1. The molecule has 0 spiro atoms. The van der Waals surface area contributed by atoms with Crippen LogP contribution in [0.4, 0.5) is 4.39 Å². The van der Waals surface area contributed by atoms with Crippen molar-refractivity contribution in [2.24, 2.45) is 11.8 Å². The van der Waals surface area contributed by atoms with Crippen molar-refractivity contribution >= 4 is 16.9 Å². The van der Waals surface area contributed by atoms with Gasteiger partial charge in [-0.25, -0.2) is 4.39 Å². The quantitative estimate of drug-likeness (QED) is 0.442. The van der Waals surface area contributed by atoms with E-state index >= 15 is 4.39 Å². The predicted octanol–water partition coefficient (Wildman–Crippen LogP) is 5.12. The molecular weight excluding hydrogens is 459 g/mol. The Morgan fingerprint density at radius 3 is 2.64 bits per heavy atom. The van der Waals surface area contributed by atoms with Gasteiger partial charge in [0.1, 0.15) is 17.7 Å². The molecule has 0 aliphatic carbocycles. The molecular formula is C29H31FN2O4. The summed E-state index contributed by atoms with van der Waals surface area (Å²) in [5, 5.41) is 10.6. The van der Waals surface area contributed by atoms with Crippen molar-refractivity contribution in [2.45, 2.75) is 25.4 Å². The number of ether oxygens (including phenoxy) is 2. The van der Waals surface area contributed by atoms with Crippen LogP contribution in [0.5, 0.6) is 11.5 Å². The smallest absolute Gasteiger partial charge is 0.308 e. The van der Waals surface area contributed by atoms with E-state index in [0.717, 1.165) is 23.2 Å². The molecule has 1 unspecified atom stereocenters. The Morgan fingerprint density at radius 2 is 1.92 bits per heavy atom. The van der Waals surface area contributed by atoms with E-state index in [9.17, 15) is 9.90 Å². The molecule has 2 heterocycles. The van der Waals surface area contributed by atoms with Gasteiger partial charge in [-0.05, 0) is 85.8 Å². The molecule has 0 amide bonds. The lowest BCUT2D eigenvalue weighted by molar-refractivity contribution is -0.146. The molecule has 3 atom stereocenters. The first-order valence-electron chi connectivity index (χ1n) is 12.1. The molecule has 1 N–H and O–H groups in total. The van der Waals surface area contributed by atoms with Gasteiger partial charge in [0.25, 0.3) is 0 Å². The highest BCUT2D eigenvalue weighted by molar-refractivity contribution is 5.83. The van der Waals surface area contributed by atoms with E-state index in [1.807, 2.05) is 30.3 Å². The van der Waals surface area contributed by atoms with E-state index in [1.54, 1.807) is 38.6 Å². The molecule has 1 saturated heterocycles. The second kappa shape index (κ2) is 11.9. The molecule has 0 radical (unpaired) electrons. The SMILES string of the molecule is COc1ccc(C#CCN2CC[C@@H](CCC(F)c3ccnc4ccc(OC)cc34)[C@@H](C(=O)O)C2)cc1. The number of benzene rings is 2. The molecule has 3 aromatic rings. The maximum atomic E-state index is 15.4. The summed E-state index contributed by atoms with van der Waals surface area (Å²) in [5.74, 6) is 6.25. The zero-order chi connectivity index (χ0) is 25.5. The third-order valence-corrected chi connectivity index (χ3v) is 6.89. The van der Waals surface area contributed by atoms with Gasteiger partial charge in [0.2, 0.25) is 0 Å². The average molecular weight is 491 g/mol. The largest absolute Gasteiger partial charge is 0.497 e. The van der Waals surface area contributed by atoms with Crippen molar-refractivity contribution < 1.29 is 23.8 Å². The number of carbonyl (C=O) groups is 1. The third kappa shape index (κ3) is 6.13. The number of aliphatic carboxylic acids is 1. The predicted molar refractivity (Wildman–Crippen MR) is 137 cm³/mol. The number of alkyl halides is 1. The number of rotatable bonds is 8. The van der Waals surface area contributed by atoms with Crippen LogP contribution in [0.3, 0.4) is 0 Å². The Morgan fingerprint density at radius 1 is 1.17 bits per heavy atom. The van der Waals surface area contributed by atoms with Gasteiger partial charge < -0.3 is 14.6 Å². The first-order valence-corrected chi connectivity index (χ1v) is 12.1. The molecule has 1 aliphatic rings. The van der Waals surface area contributed by atoms with Crippen LogP contribution in [0, 0.1) is 23.7 Å². The second-order valence-corrected chi connectivity index (χ2v) is 9.09. The van der Waals surface area contributed by atoms with Crippen LogP contribution in [-0.2, 0) is 4.79 Å². The third-order valence-electron chi connectivity index (χ3n) is 6.89. The van der Waals surface area contributed by atoms with Gasteiger partial charge >= 0.3 is 5.97 Å². The molecule has 7 heteroatoms. The highest BCUT2D eigenvalue weighted by Gasteiger charge is 2.34. The summed E-state index contributed by atoms with van der Waals surface area (Å²) in [5.41, 5.74) is 2.16. The van der Waals surface area contributed by atoms with E-state index in [4.69, 9.17) is 9.47 Å². The molecule has 1 aliphatic heterocycles. The number of likely N-dealkylation sites (tertiary alicyclic amines) is 1. The van der Waals surface area contributed by atoms with Crippen molar-refractivity contribution in [3.05, 3.63) is 65.9 Å². The highest BCUT2D eigenvalue weighted by Crippen LogP contribution is 2.35. The molecule has 6 nitrogen and oxygen atoms in total. The highest BCUT2D eigenvalue weighted by atomic mass is 19.1. The van der Waals surface area contributed by atoms with Crippen LogP contribution < -0.4 is 9.47 Å². The normalized spacial score (nSPS) is 18.8. The van der Waals surface area contributed by atoms with Gasteiger partial charge in [0.05, 0.1) is 32.2 Å². The summed E-state index contributed by atoms with van der Waals surface area (Å²) in [4.78, 5) is 18.4. The van der Waals surface area contributed by atoms with Crippen molar-refractivity contribution in [1.82, 2.24) is 9.88 Å². The molecule has 188 valence electrons. The lowest BCUT2D eigenvalue weighted by Crippen LogP contribution is -2.44. The van der Waals surface area contributed by atoms with Crippen LogP contribution in [0.15, 0.2) is 54.7 Å². The van der Waals surface area contributed by atoms with Crippen LogP contribution in [0.2, 0.25) is 0 Å². The van der Waals surface area contributed by atoms with E-state index in [2.05, 4.69) is 21.7 Å². The van der Waals surface area contributed by atoms with E-state index in [-0.39, 0.29) is 12.3 Å². The molecule has 4 rings (SSSR count). The maximum absolute atomic E-state index is 15.4. The first kappa shape index (κ1) is 25.5. The molecule has 1 fully saturated rings. The number of fused-ring (bicyclic) bond motifs is 1. The zero-order valence-corrected chi connectivity index (χ0v) is 20.6. The van der Waals surface area contributed by atoms with Gasteiger partial charge in [0, 0.05) is 23.7 Å². The minimum Gasteiger partial charge on any atom is -0.497 e. The molecule has 1 aromatic heterocycles. The second-order valence-electron chi connectivity index (χ2n) is 9.09. The molecule has 0 saturated carbocycles. The number of nitrogens with zero attached hydrogens (tertiary/aromatic N) is 2. The number of halogens is 1. The van der Waals surface area contributed by atoms with Crippen LogP contribution in [0.25, 0.3) is 10.9 Å². The lowest BCUT2D eigenvalue weighted by atomic mass is 9.81. The number of carboxylic acids is 1. The number of pyridine rings is 1. The fraction of sp³-hybridized carbons (Fsp3) is 0.379. The fourth-order valence-corrected chi connectivity index (χ4v) is 4.83. The van der Waals surface area contributed by atoms with Gasteiger partial charge in [0.15, 0.2) is 0 Å². The Bertz CT molecular complexity index is 1250. The minimum atomic E-state index is -1.20. The summed E-state index contributed by atoms with van der Waals surface area (Å²) in [6, 6.07) is 14.6. The van der Waals surface area contributed by atoms with Crippen molar-refractivity contribution in [3.8, 4) is 23.3 Å². The van der Waals surface area contributed by atoms with Gasteiger partial charge in [-0.2, -0.15) is 0 Å². The number of hydrogen-bond acceptors (Lipinski definition) is 5. The number of methoxy groups -OCH3 is 2. The standard InChI is InChI=1S/C29H31FN2O4/c1-35-22-8-5-20(6-9-22)4-3-16-32-17-14-21(26(19-32)29(33)34)7-11-27(30)24-13-15-31-28-12-10-23(36-2)18-25(24)28/h5-6,8-10,12-13,15,18,21,26-27H,7,11,14,16-17,19H2,1-2H3,(H,33,34)/t21-,26+,27?/m1/s1. The van der Waals surface area contributed by atoms with Crippen LogP contribution >= 0.6 is 0 Å². The van der Waals surface area contributed by atoms with E-state index in [0.29, 0.717) is 42.8 Å². The number of piperidine rings is 1. The summed E-state index contributed by atoms with van der Waals surface area (Å²) in [6.07, 6.45) is 1.89. The molecule has 2 aromatic carbocycles. The zero-order valence-electron chi connectivity index (χ0n) is 20.6. The average Bonchev–Trinajstić information content (AvgIpc) is 2.91. The van der Waals surface area contributed by atoms with Gasteiger partial charge in [-0.1, -0.05) is 11.8 Å². The fourth-order valence-electron chi connectivity index (χ4n) is 4.83. The van der Waals surface area contributed by atoms with Crippen molar-refractivity contribution in [1.29, 1.82) is 0 Å². The molecule has 36 heavy (non-hydrogen) atoms. The Balaban J connectivity index is 1.36. The van der Waals surface area contributed by atoms with Crippen LogP contribution in [-0.4, -0.2) is 54.8 Å². The summed E-state index contributed by atoms with van der Waals surface area (Å²) in [7, 11) is 3.20. The topological polar surface area (TPSA) is 71.9 Å². The minimum absolute atomic E-state index is 0.0748. The summed E-state index contributed by atoms with van der Waals surface area (Å²) >= 11 is 0. The van der Waals surface area contributed by atoms with Crippen LogP contribution in [0.1, 0.15) is 36.6 Å². The lowest BCUT2D eigenvalue weighted by Gasteiger charge is -2.35. The van der Waals surface area contributed by atoms with E-state index in [1.165, 1.54) is 0 Å². The Hall–Kier alpha value is -3.63. The first-order chi connectivity index (χ1) is 17.5. The van der Waals surface area contributed by atoms with Gasteiger partial charge in [-0.15, -0.1) is 0 Å². The Labute approximate surface area is 211 Å². The van der Waals surface area contributed by atoms with E-state index < -0.39 is 18.1 Å².